The molecule has 0 spiro atoms. The van der Waals surface area contributed by atoms with Crippen LogP contribution < -0.4 is 4.90 Å². The van der Waals surface area contributed by atoms with Gasteiger partial charge in [0.05, 0.1) is 6.33 Å². The van der Waals surface area contributed by atoms with E-state index in [1.165, 1.54) is 5.56 Å². The van der Waals surface area contributed by atoms with Crippen LogP contribution in [-0.4, -0.2) is 22.0 Å². The zero-order valence-corrected chi connectivity index (χ0v) is 13.2. The Morgan fingerprint density at radius 1 is 1.08 bits per heavy atom. The monoisotopic (exact) mass is 315 g/mol. The lowest BCUT2D eigenvalue weighted by molar-refractivity contribution is -0.114. The Morgan fingerprint density at radius 3 is 2.71 bits per heavy atom. The first-order valence-electron chi connectivity index (χ1n) is 7.97. The molecule has 4 rings (SSSR count). The molecule has 0 unspecified atom stereocenters. The van der Waals surface area contributed by atoms with Crippen LogP contribution in [-0.2, 0) is 11.2 Å². The molecule has 0 bridgehead atoms. The highest BCUT2D eigenvalue weighted by atomic mass is 16.2. The molecule has 118 valence electrons. The standard InChI is InChI=1S/C20H17N3O/c24-20(23-13-11-17-3-1-2-4-19(17)23)10-7-16-5-8-18(9-6-16)22-14-12-21-15-22/h1-10,12,14-15H,11,13H2. The number of hydrogen-bond acceptors (Lipinski definition) is 2. The Bertz CT molecular complexity index is 880. The summed E-state index contributed by atoms with van der Waals surface area (Å²) in [5.41, 5.74) is 4.32. The first-order valence-corrected chi connectivity index (χ1v) is 7.97. The molecule has 0 radical (unpaired) electrons. The Kier molecular flexibility index (Phi) is 3.71. The maximum Gasteiger partial charge on any atom is 0.251 e. The fraction of sp³-hybridized carbons (Fsp3) is 0.100. The fourth-order valence-electron chi connectivity index (χ4n) is 2.99. The summed E-state index contributed by atoms with van der Waals surface area (Å²) in [4.78, 5) is 18.3. The number of fused-ring (bicyclic) bond motifs is 1. The number of amides is 1. The quantitative estimate of drug-likeness (QED) is 0.694. The van der Waals surface area contributed by atoms with Crippen molar-refractivity contribution in [2.75, 3.05) is 11.4 Å². The number of para-hydroxylation sites is 1. The van der Waals surface area contributed by atoms with Crippen LogP contribution in [0.2, 0.25) is 0 Å². The Morgan fingerprint density at radius 2 is 1.92 bits per heavy atom. The first kappa shape index (κ1) is 14.5. The first-order chi connectivity index (χ1) is 11.8. The minimum atomic E-state index is 0.0265. The van der Waals surface area contributed by atoms with Gasteiger partial charge in [0, 0.05) is 36.4 Å². The molecule has 4 heteroatoms. The molecule has 0 saturated heterocycles. The molecule has 1 aromatic heterocycles. The maximum absolute atomic E-state index is 12.5. The van der Waals surface area contributed by atoms with Gasteiger partial charge >= 0.3 is 0 Å². The van der Waals surface area contributed by atoms with Crippen LogP contribution in [0, 0.1) is 0 Å². The summed E-state index contributed by atoms with van der Waals surface area (Å²) in [5.74, 6) is 0.0265. The van der Waals surface area contributed by atoms with Gasteiger partial charge in [-0.1, -0.05) is 30.3 Å². The van der Waals surface area contributed by atoms with E-state index in [1.807, 2.05) is 64.2 Å². The number of benzene rings is 2. The Labute approximate surface area is 140 Å². The second kappa shape index (κ2) is 6.16. The third-order valence-corrected chi connectivity index (χ3v) is 4.27. The molecule has 0 N–H and O–H groups in total. The van der Waals surface area contributed by atoms with Gasteiger partial charge in [-0.25, -0.2) is 4.98 Å². The summed E-state index contributed by atoms with van der Waals surface area (Å²) in [5, 5.41) is 0. The molecule has 2 heterocycles. The molecule has 0 atom stereocenters. The normalized spacial score (nSPS) is 13.4. The van der Waals surface area contributed by atoms with Gasteiger partial charge in [-0.3, -0.25) is 4.79 Å². The summed E-state index contributed by atoms with van der Waals surface area (Å²) >= 11 is 0. The van der Waals surface area contributed by atoms with Crippen molar-refractivity contribution in [2.24, 2.45) is 0 Å². The van der Waals surface area contributed by atoms with Crippen molar-refractivity contribution < 1.29 is 4.79 Å². The van der Waals surface area contributed by atoms with Gasteiger partial charge < -0.3 is 9.47 Å². The van der Waals surface area contributed by atoms with E-state index in [-0.39, 0.29) is 5.91 Å². The predicted molar refractivity (Wildman–Crippen MR) is 95.1 cm³/mol. The summed E-state index contributed by atoms with van der Waals surface area (Å²) in [6, 6.07) is 16.1. The lowest BCUT2D eigenvalue weighted by Gasteiger charge is -2.14. The molecule has 3 aromatic rings. The van der Waals surface area contributed by atoms with Crippen LogP contribution in [0.3, 0.4) is 0 Å². The van der Waals surface area contributed by atoms with Crippen molar-refractivity contribution in [3.8, 4) is 5.69 Å². The molecular weight excluding hydrogens is 298 g/mol. The van der Waals surface area contributed by atoms with Crippen molar-refractivity contribution in [3.63, 3.8) is 0 Å². The number of carbonyl (C=O) groups is 1. The number of rotatable bonds is 3. The molecule has 4 nitrogen and oxygen atoms in total. The highest BCUT2D eigenvalue weighted by Crippen LogP contribution is 2.27. The molecule has 0 fully saturated rings. The third-order valence-electron chi connectivity index (χ3n) is 4.27. The second-order valence-corrected chi connectivity index (χ2v) is 5.76. The van der Waals surface area contributed by atoms with Gasteiger partial charge in [0.25, 0.3) is 5.91 Å². The minimum absolute atomic E-state index is 0.0265. The summed E-state index contributed by atoms with van der Waals surface area (Å²) in [6.45, 7) is 0.752. The second-order valence-electron chi connectivity index (χ2n) is 5.76. The summed E-state index contributed by atoms with van der Waals surface area (Å²) in [6.07, 6.45) is 9.85. The van der Waals surface area contributed by atoms with Crippen LogP contribution in [0.25, 0.3) is 11.8 Å². The number of hydrogen-bond donors (Lipinski definition) is 0. The van der Waals surface area contributed by atoms with E-state index in [0.717, 1.165) is 29.9 Å². The van der Waals surface area contributed by atoms with E-state index in [0.29, 0.717) is 0 Å². The van der Waals surface area contributed by atoms with Crippen LogP contribution in [0.4, 0.5) is 5.69 Å². The highest BCUT2D eigenvalue weighted by Gasteiger charge is 2.22. The topological polar surface area (TPSA) is 38.1 Å². The van der Waals surface area contributed by atoms with Crippen LogP contribution >= 0.6 is 0 Å². The summed E-state index contributed by atoms with van der Waals surface area (Å²) in [7, 11) is 0. The molecule has 1 aliphatic heterocycles. The average Bonchev–Trinajstić information content (AvgIpc) is 3.30. The van der Waals surface area contributed by atoms with Crippen LogP contribution in [0.1, 0.15) is 11.1 Å². The zero-order chi connectivity index (χ0) is 16.4. The van der Waals surface area contributed by atoms with E-state index < -0.39 is 0 Å². The van der Waals surface area contributed by atoms with Crippen molar-refractivity contribution >= 4 is 17.7 Å². The summed E-state index contributed by atoms with van der Waals surface area (Å²) < 4.78 is 1.94. The predicted octanol–water partition coefficient (Wildman–Crippen LogP) is 3.47. The molecule has 1 aliphatic rings. The molecular formula is C20H17N3O. The van der Waals surface area contributed by atoms with Crippen molar-refractivity contribution in [1.82, 2.24) is 9.55 Å². The van der Waals surface area contributed by atoms with E-state index in [1.54, 1.807) is 18.6 Å². The molecule has 2 aromatic carbocycles. The van der Waals surface area contributed by atoms with Gasteiger partial charge in [-0.15, -0.1) is 0 Å². The number of anilines is 1. The van der Waals surface area contributed by atoms with Crippen molar-refractivity contribution in [3.05, 3.63) is 84.5 Å². The van der Waals surface area contributed by atoms with Gasteiger partial charge in [0.1, 0.15) is 0 Å². The highest BCUT2D eigenvalue weighted by molar-refractivity contribution is 6.05. The molecule has 0 saturated carbocycles. The van der Waals surface area contributed by atoms with E-state index in [2.05, 4.69) is 11.1 Å². The van der Waals surface area contributed by atoms with Crippen molar-refractivity contribution in [2.45, 2.75) is 6.42 Å². The lowest BCUT2D eigenvalue weighted by Crippen LogP contribution is -2.26. The van der Waals surface area contributed by atoms with Gasteiger partial charge in [-0.05, 0) is 41.8 Å². The van der Waals surface area contributed by atoms with E-state index in [9.17, 15) is 4.79 Å². The van der Waals surface area contributed by atoms with Crippen molar-refractivity contribution in [1.29, 1.82) is 0 Å². The zero-order valence-electron chi connectivity index (χ0n) is 13.2. The average molecular weight is 315 g/mol. The van der Waals surface area contributed by atoms with E-state index >= 15 is 0 Å². The SMILES string of the molecule is O=C(C=Cc1ccc(-n2ccnc2)cc1)N1CCc2ccccc21. The molecule has 0 aliphatic carbocycles. The largest absolute Gasteiger partial charge is 0.308 e. The fourth-order valence-corrected chi connectivity index (χ4v) is 2.99. The maximum atomic E-state index is 12.5. The Balaban J connectivity index is 1.48. The minimum Gasteiger partial charge on any atom is -0.308 e. The number of aromatic nitrogens is 2. The number of imidazole rings is 1. The molecule has 1 amide bonds. The smallest absolute Gasteiger partial charge is 0.251 e. The van der Waals surface area contributed by atoms with E-state index in [4.69, 9.17) is 0 Å². The van der Waals surface area contributed by atoms with Crippen LogP contribution in [0.15, 0.2) is 73.3 Å². The Hall–Kier alpha value is -3.14. The molecule has 24 heavy (non-hydrogen) atoms. The third kappa shape index (κ3) is 2.74. The van der Waals surface area contributed by atoms with Gasteiger partial charge in [0.2, 0.25) is 0 Å². The number of carbonyl (C=O) groups excluding carboxylic acids is 1. The van der Waals surface area contributed by atoms with Gasteiger partial charge in [0.15, 0.2) is 0 Å². The number of nitrogens with zero attached hydrogens (tertiary/aromatic N) is 3. The lowest BCUT2D eigenvalue weighted by atomic mass is 10.2. The van der Waals surface area contributed by atoms with Gasteiger partial charge in [-0.2, -0.15) is 0 Å². The van der Waals surface area contributed by atoms with Crippen LogP contribution in [0.5, 0.6) is 0 Å².